The van der Waals surface area contributed by atoms with Crippen LogP contribution < -0.4 is 10.2 Å². The zero-order chi connectivity index (χ0) is 31.2. The fourth-order valence-electron chi connectivity index (χ4n) is 8.23. The number of rotatable bonds is 13. The Hall–Kier alpha value is -2.98. The summed E-state index contributed by atoms with van der Waals surface area (Å²) in [5, 5.41) is 5.07. The van der Waals surface area contributed by atoms with Crippen LogP contribution in [0.1, 0.15) is 107 Å². The minimum absolute atomic E-state index is 0.576. The molecule has 3 aliphatic rings. The van der Waals surface area contributed by atoms with Gasteiger partial charge in [0.25, 0.3) is 0 Å². The molecule has 0 spiro atoms. The molecule has 0 amide bonds. The van der Waals surface area contributed by atoms with E-state index < -0.39 is 0 Å². The van der Waals surface area contributed by atoms with Gasteiger partial charge >= 0.3 is 0 Å². The maximum atomic E-state index is 4.67. The highest BCUT2D eigenvalue weighted by atomic mass is 15.2. The highest BCUT2D eigenvalue weighted by Crippen LogP contribution is 2.46. The molecule has 1 atom stereocenters. The summed E-state index contributed by atoms with van der Waals surface area (Å²) in [7, 11) is 0. The second-order valence-electron chi connectivity index (χ2n) is 14.4. The first-order valence-corrected chi connectivity index (χ1v) is 18.3. The summed E-state index contributed by atoms with van der Waals surface area (Å²) in [5.74, 6) is 0.589. The van der Waals surface area contributed by atoms with Crippen molar-refractivity contribution in [1.29, 1.82) is 0 Å². The summed E-state index contributed by atoms with van der Waals surface area (Å²) in [6, 6.07) is 15.0. The van der Waals surface area contributed by atoms with Gasteiger partial charge in [-0.05, 0) is 112 Å². The summed E-state index contributed by atoms with van der Waals surface area (Å²) in [5.41, 5.74) is 11.7. The first kappa shape index (κ1) is 32.0. The molecule has 0 saturated carbocycles. The maximum absolute atomic E-state index is 4.67. The number of unbranched alkanes of at least 4 members (excludes halogenated alkanes) is 3. The monoisotopic (exact) mass is 606 g/mol. The average molecular weight is 607 g/mol. The second kappa shape index (κ2) is 15.1. The van der Waals surface area contributed by atoms with Crippen LogP contribution in [0, 0.1) is 6.92 Å². The Labute approximate surface area is 273 Å². The lowest BCUT2D eigenvalue weighted by Gasteiger charge is -2.35. The van der Waals surface area contributed by atoms with Gasteiger partial charge in [-0.2, -0.15) is 0 Å². The molecule has 1 unspecified atom stereocenters. The molecule has 2 aliphatic heterocycles. The Morgan fingerprint density at radius 2 is 1.82 bits per heavy atom. The predicted molar refractivity (Wildman–Crippen MR) is 195 cm³/mol. The number of nitrogens with one attached hydrogen (secondary N) is 1. The Bertz CT molecular complexity index is 1470. The minimum atomic E-state index is 0.576. The topological polar surface area (TPSA) is 23.4 Å². The van der Waals surface area contributed by atoms with E-state index in [9.17, 15) is 0 Å². The first-order valence-electron chi connectivity index (χ1n) is 18.3. The van der Waals surface area contributed by atoms with Crippen LogP contribution >= 0.6 is 0 Å². The highest BCUT2D eigenvalue weighted by Gasteiger charge is 2.29. The van der Waals surface area contributed by atoms with Gasteiger partial charge in [0, 0.05) is 60.1 Å². The Morgan fingerprint density at radius 3 is 2.62 bits per heavy atom. The summed E-state index contributed by atoms with van der Waals surface area (Å²) in [6.45, 7) is 18.0. The number of piperidine rings is 1. The molecule has 1 fully saturated rings. The summed E-state index contributed by atoms with van der Waals surface area (Å²) in [4.78, 5) is 5.29. The number of benzene rings is 2. The quantitative estimate of drug-likeness (QED) is 0.155. The molecule has 242 valence electrons. The van der Waals surface area contributed by atoms with E-state index in [-0.39, 0.29) is 0 Å². The molecule has 2 aromatic carbocycles. The molecule has 1 saturated heterocycles. The molecular formula is C41H58N4. The Morgan fingerprint density at radius 1 is 0.978 bits per heavy atom. The summed E-state index contributed by atoms with van der Waals surface area (Å²) in [6.07, 6.45) is 19.8. The van der Waals surface area contributed by atoms with Gasteiger partial charge in [0.2, 0.25) is 0 Å². The van der Waals surface area contributed by atoms with Crippen molar-refractivity contribution in [1.82, 2.24) is 14.8 Å². The number of aryl methyl sites for hydroxylation is 2. The number of hydrogen-bond acceptors (Lipinski definition) is 3. The van der Waals surface area contributed by atoms with Gasteiger partial charge in [-0.25, -0.2) is 0 Å². The Balaban J connectivity index is 1.35. The molecule has 3 heterocycles. The molecule has 6 rings (SSSR count). The van der Waals surface area contributed by atoms with Crippen LogP contribution in [0.2, 0.25) is 0 Å². The first-order chi connectivity index (χ1) is 22.0. The lowest BCUT2D eigenvalue weighted by Crippen LogP contribution is -2.36. The summed E-state index contributed by atoms with van der Waals surface area (Å²) < 4.78 is 2.70. The van der Waals surface area contributed by atoms with Crippen LogP contribution in [0.15, 0.2) is 60.8 Å². The fourth-order valence-corrected chi connectivity index (χ4v) is 8.23. The van der Waals surface area contributed by atoms with Crippen LogP contribution in [0.3, 0.4) is 0 Å². The normalized spacial score (nSPS) is 18.2. The van der Waals surface area contributed by atoms with Gasteiger partial charge in [0.05, 0.1) is 12.2 Å². The van der Waals surface area contributed by atoms with Crippen molar-refractivity contribution >= 4 is 16.6 Å². The number of hydrogen-bond donors (Lipinski definition) is 1. The molecule has 3 aromatic rings. The van der Waals surface area contributed by atoms with Crippen LogP contribution in [0.5, 0.6) is 0 Å². The molecule has 0 radical (unpaired) electrons. The van der Waals surface area contributed by atoms with Crippen molar-refractivity contribution in [3.05, 3.63) is 77.5 Å². The Kier molecular flexibility index (Phi) is 10.7. The number of allylic oxidation sites excluding steroid dienone is 2. The van der Waals surface area contributed by atoms with E-state index in [0.717, 1.165) is 39.0 Å². The lowest BCUT2D eigenvalue weighted by molar-refractivity contribution is 0.282. The third-order valence-corrected chi connectivity index (χ3v) is 10.6. The van der Waals surface area contributed by atoms with Crippen LogP contribution in [0.25, 0.3) is 22.2 Å². The molecule has 4 heteroatoms. The number of aromatic nitrogens is 1. The SMILES string of the molecule is C=C(CN(CCCCCCNC(C)C)c1cccc2c1CCCn1c-2c(C2CC=CCC2)c2ccc(C)cc21)N1CCCCC1. The number of likely N-dealkylation sites (tertiary alicyclic amines) is 1. The minimum Gasteiger partial charge on any atom is -0.374 e. The van der Waals surface area contributed by atoms with E-state index in [1.807, 2.05) is 0 Å². The van der Waals surface area contributed by atoms with Gasteiger partial charge < -0.3 is 19.7 Å². The van der Waals surface area contributed by atoms with Crippen molar-refractivity contribution in [3.8, 4) is 11.3 Å². The van der Waals surface area contributed by atoms with Crippen LogP contribution in [-0.2, 0) is 13.0 Å². The molecular weight excluding hydrogens is 548 g/mol. The molecule has 4 nitrogen and oxygen atoms in total. The van der Waals surface area contributed by atoms with Gasteiger partial charge in [-0.15, -0.1) is 0 Å². The number of nitrogens with zero attached hydrogens (tertiary/aromatic N) is 3. The van der Waals surface area contributed by atoms with Crippen LogP contribution in [-0.4, -0.2) is 48.2 Å². The standard InChI is InChI=1S/C41H58N4/c1-31(2)42-24-11-5-6-12-27-44(30-33(4)43-25-13-8-14-26-43)38-21-15-19-36-35(38)20-16-28-45-39-29-32(3)22-23-37(39)40(41(36)45)34-17-9-7-10-18-34/h7,9,15,19,21-23,29,31,34,42H,4-6,8,10-14,16-18,20,24-28,30H2,1-3H3. The lowest BCUT2D eigenvalue weighted by atomic mass is 9.84. The largest absolute Gasteiger partial charge is 0.374 e. The number of fused-ring (bicyclic) bond motifs is 5. The molecule has 1 N–H and O–H groups in total. The van der Waals surface area contributed by atoms with E-state index >= 15 is 0 Å². The predicted octanol–water partition coefficient (Wildman–Crippen LogP) is 9.75. The van der Waals surface area contributed by atoms with Crippen molar-refractivity contribution in [3.63, 3.8) is 0 Å². The van der Waals surface area contributed by atoms with E-state index in [4.69, 9.17) is 0 Å². The van der Waals surface area contributed by atoms with Gasteiger partial charge in [0.1, 0.15) is 0 Å². The van der Waals surface area contributed by atoms with Crippen LogP contribution in [0.4, 0.5) is 5.69 Å². The van der Waals surface area contributed by atoms with Gasteiger partial charge in [-0.3, -0.25) is 0 Å². The van der Waals surface area contributed by atoms with E-state index in [2.05, 4.69) is 95.6 Å². The third-order valence-electron chi connectivity index (χ3n) is 10.6. The molecule has 1 aromatic heterocycles. The molecule has 0 bridgehead atoms. The average Bonchev–Trinajstić information content (AvgIpc) is 3.24. The fraction of sp³-hybridized carbons (Fsp3) is 0.561. The van der Waals surface area contributed by atoms with Gasteiger partial charge in [-0.1, -0.05) is 69.7 Å². The zero-order valence-electron chi connectivity index (χ0n) is 28.6. The van der Waals surface area contributed by atoms with E-state index in [0.29, 0.717) is 12.0 Å². The van der Waals surface area contributed by atoms with Crippen molar-refractivity contribution in [2.24, 2.45) is 0 Å². The van der Waals surface area contributed by atoms with Gasteiger partial charge in [0.15, 0.2) is 0 Å². The molecule has 1 aliphatic carbocycles. The second-order valence-corrected chi connectivity index (χ2v) is 14.4. The summed E-state index contributed by atoms with van der Waals surface area (Å²) >= 11 is 0. The molecule has 45 heavy (non-hydrogen) atoms. The smallest absolute Gasteiger partial charge is 0.0572 e. The third kappa shape index (κ3) is 7.38. The van der Waals surface area contributed by atoms with E-state index in [1.165, 1.54) is 116 Å². The van der Waals surface area contributed by atoms with Crippen molar-refractivity contribution in [2.45, 2.75) is 116 Å². The number of anilines is 1. The van der Waals surface area contributed by atoms with Crippen molar-refractivity contribution in [2.75, 3.05) is 37.6 Å². The zero-order valence-corrected chi connectivity index (χ0v) is 28.6. The van der Waals surface area contributed by atoms with Crippen molar-refractivity contribution < 1.29 is 0 Å². The maximum Gasteiger partial charge on any atom is 0.0572 e. The highest BCUT2D eigenvalue weighted by molar-refractivity contribution is 5.94. The van der Waals surface area contributed by atoms with E-state index in [1.54, 1.807) is 11.1 Å².